The molecule has 0 aromatic rings. The first-order valence-corrected chi connectivity index (χ1v) is 9.35. The molecule has 0 saturated carbocycles. The van der Waals surface area contributed by atoms with Crippen molar-refractivity contribution >= 4 is 0 Å². The van der Waals surface area contributed by atoms with Gasteiger partial charge in [-0.05, 0) is 0 Å². The van der Waals surface area contributed by atoms with Gasteiger partial charge in [0.1, 0.15) is 38.7 Å². The van der Waals surface area contributed by atoms with Crippen molar-refractivity contribution in [3.8, 4) is 12.3 Å². The molecular formula is C20H36O9. The van der Waals surface area contributed by atoms with Gasteiger partial charge in [-0.3, -0.25) is 0 Å². The largest absolute Gasteiger partial charge is 0.382 e. The van der Waals surface area contributed by atoms with Gasteiger partial charge in [0.25, 0.3) is 0 Å². The van der Waals surface area contributed by atoms with Crippen LogP contribution in [-0.4, -0.2) is 99.7 Å². The van der Waals surface area contributed by atoms with Crippen molar-refractivity contribution in [2.45, 2.75) is 24.7 Å². The Balaban J connectivity index is 4.81. The van der Waals surface area contributed by atoms with Crippen LogP contribution in [0.25, 0.3) is 0 Å². The summed E-state index contributed by atoms with van der Waals surface area (Å²) in [4.78, 5) is 0. The maximum Gasteiger partial charge on any atom is 0.147 e. The van der Waals surface area contributed by atoms with Crippen LogP contribution in [0.1, 0.15) is 6.42 Å². The van der Waals surface area contributed by atoms with Crippen molar-refractivity contribution in [3.05, 3.63) is 12.7 Å². The number of hydrogen-bond acceptors (Lipinski definition) is 9. The molecule has 0 heterocycles. The van der Waals surface area contributed by atoms with Crippen LogP contribution in [0, 0.1) is 12.3 Å². The molecule has 0 radical (unpaired) electrons. The molecule has 0 spiro atoms. The summed E-state index contributed by atoms with van der Waals surface area (Å²) in [5.41, 5.74) is 0. The third-order valence-corrected chi connectivity index (χ3v) is 3.59. The normalized spacial score (nSPS) is 14.3. The fraction of sp³-hybridized carbons (Fsp3) is 0.800. The highest BCUT2D eigenvalue weighted by Gasteiger charge is 2.30. The highest BCUT2D eigenvalue weighted by atomic mass is 16.7. The van der Waals surface area contributed by atoms with E-state index in [1.165, 1.54) is 0 Å². The van der Waals surface area contributed by atoms with Crippen LogP contribution >= 0.6 is 0 Å². The highest BCUT2D eigenvalue weighted by Crippen LogP contribution is 2.17. The van der Waals surface area contributed by atoms with Crippen molar-refractivity contribution in [1.82, 2.24) is 0 Å². The standard InChI is InChI=1S/C20H36O9/c1-6-8-19(28-16-25-13-10-22-4)20(29-17-26-14-11-23-5)18(7-2)27-15-24-12-9-21-3/h1,7,18-20H,2,8-17H2,3-5H3/t18-,19-,20+/m1/s1. The second-order valence-electron chi connectivity index (χ2n) is 5.67. The Morgan fingerprint density at radius 1 is 0.759 bits per heavy atom. The van der Waals surface area contributed by atoms with Crippen LogP contribution in [-0.2, 0) is 42.6 Å². The van der Waals surface area contributed by atoms with Crippen molar-refractivity contribution < 1.29 is 42.6 Å². The Hall–Kier alpha value is -1.06. The molecule has 0 fully saturated rings. The zero-order valence-corrected chi connectivity index (χ0v) is 17.8. The van der Waals surface area contributed by atoms with E-state index in [-0.39, 0.29) is 26.8 Å². The lowest BCUT2D eigenvalue weighted by atomic mass is 10.0. The molecule has 0 aromatic heterocycles. The molecule has 9 nitrogen and oxygen atoms in total. The molecule has 170 valence electrons. The third kappa shape index (κ3) is 15.4. The van der Waals surface area contributed by atoms with E-state index in [4.69, 9.17) is 49.1 Å². The number of hydrogen-bond donors (Lipinski definition) is 0. The molecule has 29 heavy (non-hydrogen) atoms. The quantitative estimate of drug-likeness (QED) is 0.111. The van der Waals surface area contributed by atoms with E-state index in [9.17, 15) is 0 Å². The lowest BCUT2D eigenvalue weighted by Gasteiger charge is -2.31. The van der Waals surface area contributed by atoms with E-state index in [2.05, 4.69) is 12.5 Å². The number of rotatable bonds is 22. The van der Waals surface area contributed by atoms with E-state index >= 15 is 0 Å². The van der Waals surface area contributed by atoms with Gasteiger partial charge in [-0.15, -0.1) is 18.9 Å². The average molecular weight is 420 g/mol. The van der Waals surface area contributed by atoms with Crippen LogP contribution < -0.4 is 0 Å². The van der Waals surface area contributed by atoms with Gasteiger partial charge in [0, 0.05) is 27.8 Å². The van der Waals surface area contributed by atoms with E-state index in [0.717, 1.165) is 0 Å². The topological polar surface area (TPSA) is 83.1 Å². The predicted molar refractivity (Wildman–Crippen MR) is 106 cm³/mol. The number of methoxy groups -OCH3 is 3. The Bertz CT molecular complexity index is 400. The van der Waals surface area contributed by atoms with Gasteiger partial charge in [-0.2, -0.15) is 0 Å². The summed E-state index contributed by atoms with van der Waals surface area (Å²) in [6.45, 7) is 6.50. The summed E-state index contributed by atoms with van der Waals surface area (Å²) in [5.74, 6) is 2.59. The number of ether oxygens (including phenoxy) is 9. The first kappa shape index (κ1) is 27.9. The second kappa shape index (κ2) is 21.6. The van der Waals surface area contributed by atoms with E-state index < -0.39 is 18.3 Å². The maximum atomic E-state index is 5.86. The lowest BCUT2D eigenvalue weighted by Crippen LogP contribution is -2.43. The summed E-state index contributed by atoms with van der Waals surface area (Å²) in [7, 11) is 4.79. The van der Waals surface area contributed by atoms with Gasteiger partial charge in [-0.1, -0.05) is 6.08 Å². The molecule has 0 aliphatic rings. The first-order chi connectivity index (χ1) is 14.2. The molecule has 0 rings (SSSR count). The maximum absolute atomic E-state index is 5.86. The van der Waals surface area contributed by atoms with Crippen molar-refractivity contribution in [1.29, 1.82) is 0 Å². The molecule has 9 heteroatoms. The molecule has 0 bridgehead atoms. The smallest absolute Gasteiger partial charge is 0.147 e. The summed E-state index contributed by atoms with van der Waals surface area (Å²) >= 11 is 0. The zero-order valence-electron chi connectivity index (χ0n) is 17.8. The molecule has 0 unspecified atom stereocenters. The second-order valence-corrected chi connectivity index (χ2v) is 5.67. The van der Waals surface area contributed by atoms with E-state index in [1.54, 1.807) is 27.4 Å². The van der Waals surface area contributed by atoms with Crippen LogP contribution in [0.15, 0.2) is 12.7 Å². The van der Waals surface area contributed by atoms with E-state index in [1.807, 2.05) is 0 Å². The molecule has 0 aromatic carbocycles. The third-order valence-electron chi connectivity index (χ3n) is 3.59. The first-order valence-electron chi connectivity index (χ1n) is 9.35. The summed E-state index contributed by atoms with van der Waals surface area (Å²) in [5, 5.41) is 0. The van der Waals surface area contributed by atoms with Crippen LogP contribution in [0.2, 0.25) is 0 Å². The van der Waals surface area contributed by atoms with Crippen molar-refractivity contribution in [2.75, 3.05) is 81.3 Å². The lowest BCUT2D eigenvalue weighted by molar-refractivity contribution is -0.207. The van der Waals surface area contributed by atoms with Gasteiger partial charge in [-0.25, -0.2) is 0 Å². The molecular weight excluding hydrogens is 384 g/mol. The Labute approximate surface area is 174 Å². The minimum Gasteiger partial charge on any atom is -0.382 e. The Morgan fingerprint density at radius 3 is 1.69 bits per heavy atom. The van der Waals surface area contributed by atoms with Gasteiger partial charge >= 0.3 is 0 Å². The summed E-state index contributed by atoms with van der Waals surface area (Å²) < 4.78 is 48.3. The van der Waals surface area contributed by atoms with Crippen molar-refractivity contribution in [2.24, 2.45) is 0 Å². The fourth-order valence-electron chi connectivity index (χ4n) is 2.09. The highest BCUT2D eigenvalue weighted by molar-refractivity contribution is 4.97. The minimum absolute atomic E-state index is 0.0151. The van der Waals surface area contributed by atoms with Gasteiger partial charge in [0.2, 0.25) is 0 Å². The number of terminal acetylenes is 1. The molecule has 0 saturated heterocycles. The molecule has 0 aliphatic carbocycles. The zero-order chi connectivity index (χ0) is 21.6. The van der Waals surface area contributed by atoms with Crippen LogP contribution in [0.4, 0.5) is 0 Å². The van der Waals surface area contributed by atoms with Gasteiger partial charge in [0.05, 0.1) is 39.6 Å². The SMILES string of the molecule is C#CC[C@@H](OCOCCOC)[C@@H](OCOCCOC)[C@@H](C=C)OCOCCOC. The minimum atomic E-state index is -0.580. The summed E-state index contributed by atoms with van der Waals surface area (Å²) in [6, 6.07) is 0. The molecule has 0 aliphatic heterocycles. The van der Waals surface area contributed by atoms with Crippen LogP contribution in [0.5, 0.6) is 0 Å². The average Bonchev–Trinajstić information content (AvgIpc) is 2.73. The Morgan fingerprint density at radius 2 is 1.24 bits per heavy atom. The van der Waals surface area contributed by atoms with E-state index in [0.29, 0.717) is 39.6 Å². The van der Waals surface area contributed by atoms with Crippen molar-refractivity contribution in [3.63, 3.8) is 0 Å². The molecule has 0 amide bonds. The van der Waals surface area contributed by atoms with Gasteiger partial charge < -0.3 is 42.6 Å². The van der Waals surface area contributed by atoms with Gasteiger partial charge in [0.15, 0.2) is 0 Å². The monoisotopic (exact) mass is 420 g/mol. The molecule has 0 N–H and O–H groups in total. The Kier molecular flexibility index (Phi) is 20.9. The fourth-order valence-corrected chi connectivity index (χ4v) is 2.09. The predicted octanol–water partition coefficient (Wildman–Crippen LogP) is 1.21. The van der Waals surface area contributed by atoms with Crippen LogP contribution in [0.3, 0.4) is 0 Å². The molecule has 3 atom stereocenters. The summed E-state index contributed by atoms with van der Waals surface area (Å²) in [6.07, 6.45) is 5.78.